The van der Waals surface area contributed by atoms with E-state index in [0.717, 1.165) is 28.4 Å². The van der Waals surface area contributed by atoms with Crippen molar-refractivity contribution in [2.45, 2.75) is 26.2 Å². The highest BCUT2D eigenvalue weighted by Crippen LogP contribution is 2.66. The normalized spacial score (nSPS) is 11.7. The molecule has 0 heterocycles. The maximum Gasteiger partial charge on any atom is 0.0498 e. The lowest BCUT2D eigenvalue weighted by Gasteiger charge is -2.38. The Labute approximate surface area is 434 Å². The van der Waals surface area contributed by atoms with Gasteiger partial charge >= 0.3 is 0 Å². The predicted octanol–water partition coefficient (Wildman–Crippen LogP) is 20.5. The fraction of sp³-hybridized carbons (Fsp3) is 0.0556. The third kappa shape index (κ3) is 7.58. The largest absolute Gasteiger partial charge is 0.310 e. The molecular formula is C72H54N2. The summed E-state index contributed by atoms with van der Waals surface area (Å²) in [6.45, 7) is 6.94. The third-order valence-electron chi connectivity index (χ3n) is 14.8. The van der Waals surface area contributed by atoms with Gasteiger partial charge in [0.1, 0.15) is 0 Å². The minimum Gasteiger partial charge on any atom is -0.310 e. The summed E-state index contributed by atoms with van der Waals surface area (Å²) >= 11 is 0. The summed E-state index contributed by atoms with van der Waals surface area (Å²) in [6.07, 6.45) is 0. The van der Waals surface area contributed by atoms with Crippen LogP contribution in [0.25, 0.3) is 88.3 Å². The molecule has 1 aliphatic carbocycles. The number of hydrogen-bond acceptors (Lipinski definition) is 2. The second kappa shape index (κ2) is 18.4. The fourth-order valence-electron chi connectivity index (χ4n) is 11.7. The van der Waals surface area contributed by atoms with Crippen LogP contribution in [0, 0.1) is 0 Å². The van der Waals surface area contributed by atoms with Gasteiger partial charge < -0.3 is 9.80 Å². The SMILES string of the molecule is CC(C)(C)c1ccccc1N(c1ccccc1)c1ccc2c(-c3ccccc3)c3c(c(-c4ccccc4)c2c1)-c1c-3c(-c2ccccc2)c2ccc(N(c3ccccc3)c3ccccc3)cc2c1-c1ccccc1. The van der Waals surface area contributed by atoms with E-state index in [4.69, 9.17) is 0 Å². The van der Waals surface area contributed by atoms with Crippen molar-refractivity contribution >= 4 is 55.7 Å². The average molecular weight is 947 g/mol. The number of nitrogens with zero attached hydrogens (tertiary/aromatic N) is 2. The molecule has 0 unspecified atom stereocenters. The highest BCUT2D eigenvalue weighted by molar-refractivity contribution is 6.33. The van der Waals surface area contributed by atoms with Gasteiger partial charge in [0.2, 0.25) is 0 Å². The molecule has 2 nitrogen and oxygen atoms in total. The van der Waals surface area contributed by atoms with Gasteiger partial charge in [-0.2, -0.15) is 0 Å². The Morgan fingerprint density at radius 2 is 0.514 bits per heavy atom. The van der Waals surface area contributed by atoms with Crippen molar-refractivity contribution < 1.29 is 0 Å². The Balaban J connectivity index is 1.20. The third-order valence-corrected chi connectivity index (χ3v) is 14.8. The molecule has 13 rings (SSSR count). The topological polar surface area (TPSA) is 6.48 Å². The van der Waals surface area contributed by atoms with Crippen LogP contribution in [0.2, 0.25) is 0 Å². The molecule has 0 bridgehead atoms. The molecule has 74 heavy (non-hydrogen) atoms. The minimum absolute atomic E-state index is 0.102. The maximum atomic E-state index is 2.48. The van der Waals surface area contributed by atoms with Crippen LogP contribution < -0.4 is 9.80 Å². The molecule has 0 N–H and O–H groups in total. The van der Waals surface area contributed by atoms with Crippen molar-refractivity contribution in [2.75, 3.05) is 9.80 Å². The lowest BCUT2D eigenvalue weighted by molar-refractivity contribution is 0.591. The minimum atomic E-state index is -0.102. The Morgan fingerprint density at radius 1 is 0.230 bits per heavy atom. The van der Waals surface area contributed by atoms with E-state index in [1.807, 2.05) is 0 Å². The van der Waals surface area contributed by atoms with Gasteiger partial charge in [0, 0.05) is 34.1 Å². The van der Waals surface area contributed by atoms with Gasteiger partial charge in [-0.25, -0.2) is 0 Å². The van der Waals surface area contributed by atoms with E-state index < -0.39 is 0 Å². The Kier molecular flexibility index (Phi) is 11.1. The smallest absolute Gasteiger partial charge is 0.0498 e. The standard InChI is InChI=1S/C72H54N2/c1-72(2,3)62-41-25-26-42-63(62)74(55-39-23-10-24-40-55)57-44-46-59-61(48-57)67(52-33-17-7-18-34-52)71-69(65(59)50-29-13-5-14-30-50)68-64(49-27-11-4-12-28-49)58-45-43-56(47-60(58)66(70(68)71)51-31-15-6-16-32-51)73(53-35-19-8-20-36-53)54-37-21-9-22-38-54/h4-48H,1-3H3. The van der Waals surface area contributed by atoms with Crippen LogP contribution in [0.1, 0.15) is 26.3 Å². The average Bonchev–Trinajstić information content (AvgIpc) is 3.46. The van der Waals surface area contributed by atoms with E-state index in [9.17, 15) is 0 Å². The molecule has 0 saturated carbocycles. The lowest BCUT2D eigenvalue weighted by Crippen LogP contribution is -2.19. The van der Waals surface area contributed by atoms with E-state index in [1.165, 1.54) is 99.6 Å². The Morgan fingerprint density at radius 3 is 0.865 bits per heavy atom. The van der Waals surface area contributed by atoms with Crippen LogP contribution in [-0.2, 0) is 5.41 Å². The molecule has 0 aromatic heterocycles. The summed E-state index contributed by atoms with van der Waals surface area (Å²) < 4.78 is 0. The molecule has 0 radical (unpaired) electrons. The molecule has 0 amide bonds. The summed E-state index contributed by atoms with van der Waals surface area (Å²) in [6, 6.07) is 100. The first-order valence-corrected chi connectivity index (χ1v) is 25.8. The quantitative estimate of drug-likeness (QED) is 0.135. The zero-order valence-corrected chi connectivity index (χ0v) is 41.9. The summed E-state index contributed by atoms with van der Waals surface area (Å²) in [5.41, 5.74) is 22.8. The number of benzene rings is 12. The molecule has 0 fully saturated rings. The zero-order valence-electron chi connectivity index (χ0n) is 41.9. The van der Waals surface area contributed by atoms with Crippen molar-refractivity contribution in [3.05, 3.63) is 279 Å². The number of hydrogen-bond donors (Lipinski definition) is 0. The fourth-order valence-corrected chi connectivity index (χ4v) is 11.7. The van der Waals surface area contributed by atoms with Crippen molar-refractivity contribution in [1.82, 2.24) is 0 Å². The second-order valence-electron chi connectivity index (χ2n) is 20.4. The monoisotopic (exact) mass is 946 g/mol. The molecule has 12 aromatic rings. The van der Waals surface area contributed by atoms with E-state index in [0.29, 0.717) is 0 Å². The maximum absolute atomic E-state index is 2.48. The van der Waals surface area contributed by atoms with Gasteiger partial charge in [0.15, 0.2) is 0 Å². The van der Waals surface area contributed by atoms with Crippen LogP contribution in [0.5, 0.6) is 0 Å². The van der Waals surface area contributed by atoms with Crippen LogP contribution >= 0.6 is 0 Å². The predicted molar refractivity (Wildman–Crippen MR) is 316 cm³/mol. The van der Waals surface area contributed by atoms with Crippen LogP contribution in [-0.4, -0.2) is 0 Å². The van der Waals surface area contributed by atoms with Crippen molar-refractivity contribution in [2.24, 2.45) is 0 Å². The molecule has 0 aliphatic heterocycles. The van der Waals surface area contributed by atoms with E-state index in [2.05, 4.69) is 304 Å². The highest BCUT2D eigenvalue weighted by Gasteiger charge is 2.39. The van der Waals surface area contributed by atoms with Crippen molar-refractivity contribution in [3.63, 3.8) is 0 Å². The molecule has 2 heteroatoms. The van der Waals surface area contributed by atoms with Gasteiger partial charge in [-0.05, 0) is 166 Å². The molecule has 1 aliphatic rings. The lowest BCUT2D eigenvalue weighted by atomic mass is 9.65. The van der Waals surface area contributed by atoms with Crippen LogP contribution in [0.3, 0.4) is 0 Å². The van der Waals surface area contributed by atoms with Gasteiger partial charge in [-0.1, -0.05) is 227 Å². The van der Waals surface area contributed by atoms with Gasteiger partial charge in [0.25, 0.3) is 0 Å². The molecular weight excluding hydrogens is 893 g/mol. The number of fused-ring (bicyclic) bond motifs is 6. The van der Waals surface area contributed by atoms with E-state index in [1.54, 1.807) is 0 Å². The summed E-state index contributed by atoms with van der Waals surface area (Å²) in [5.74, 6) is 0. The molecule has 0 spiro atoms. The van der Waals surface area contributed by atoms with Gasteiger partial charge in [-0.3, -0.25) is 0 Å². The van der Waals surface area contributed by atoms with E-state index >= 15 is 0 Å². The van der Waals surface area contributed by atoms with E-state index in [-0.39, 0.29) is 5.41 Å². The first kappa shape index (κ1) is 44.7. The Hall–Kier alpha value is -9.24. The first-order valence-electron chi connectivity index (χ1n) is 25.8. The zero-order chi connectivity index (χ0) is 49.8. The molecule has 12 aromatic carbocycles. The van der Waals surface area contributed by atoms with Crippen molar-refractivity contribution in [1.29, 1.82) is 0 Å². The molecule has 0 saturated heterocycles. The molecule has 352 valence electrons. The van der Waals surface area contributed by atoms with Gasteiger partial charge in [-0.15, -0.1) is 0 Å². The summed E-state index contributed by atoms with van der Waals surface area (Å²) in [7, 11) is 0. The van der Waals surface area contributed by atoms with Crippen LogP contribution in [0.15, 0.2) is 273 Å². The Bertz CT molecular complexity index is 3960. The van der Waals surface area contributed by atoms with Gasteiger partial charge in [0.05, 0.1) is 0 Å². The number of para-hydroxylation sites is 4. The summed E-state index contributed by atoms with van der Waals surface area (Å²) in [4.78, 5) is 4.85. The molecule has 0 atom stereocenters. The second-order valence-corrected chi connectivity index (χ2v) is 20.4. The number of rotatable bonds is 10. The first-order chi connectivity index (χ1) is 36.4. The van der Waals surface area contributed by atoms with Crippen molar-refractivity contribution in [3.8, 4) is 66.8 Å². The van der Waals surface area contributed by atoms with Crippen LogP contribution in [0.4, 0.5) is 34.1 Å². The summed E-state index contributed by atoms with van der Waals surface area (Å²) in [5, 5.41) is 4.85. The number of anilines is 6. The highest BCUT2D eigenvalue weighted by atomic mass is 15.1.